The molecule has 252 valence electrons. The molecular weight excluding hydrogens is 645 g/mol. The Morgan fingerprint density at radius 3 is 2.53 bits per heavy atom. The summed E-state index contributed by atoms with van der Waals surface area (Å²) in [6, 6.07) is 14.5. The third kappa shape index (κ3) is 2.03. The highest BCUT2D eigenvalue weighted by Crippen LogP contribution is 2.87. The van der Waals surface area contributed by atoms with Gasteiger partial charge in [0.2, 0.25) is 0 Å². The predicted molar refractivity (Wildman–Crippen MR) is 209 cm³/mol. The van der Waals surface area contributed by atoms with Crippen molar-refractivity contribution >= 4 is 76.6 Å². The molecule has 0 aliphatic heterocycles. The number of carbonyl (C=O) groups is 1. The van der Waals surface area contributed by atoms with Gasteiger partial charge in [-0.25, -0.2) is 0 Å². The molecule has 3 fully saturated rings. The van der Waals surface area contributed by atoms with Crippen LogP contribution in [-0.2, 0) is 26.8 Å². The average molecular weight is 681 g/mol. The smallest absolute Gasteiger partial charge is 0.305 e. The van der Waals surface area contributed by atoms with Crippen LogP contribution in [0.3, 0.4) is 0 Å². The first-order chi connectivity index (χ1) is 26.2. The Morgan fingerprint density at radius 1 is 0.774 bits per heavy atom. The summed E-state index contributed by atoms with van der Waals surface area (Å²) in [6.07, 6.45) is 13.3. The summed E-state index contributed by atoms with van der Waals surface area (Å²) in [6.45, 7) is 0. The molecule has 0 bridgehead atoms. The number of hydrogen-bond acceptors (Lipinski definition) is 2. The predicted octanol–water partition coefficient (Wildman–Crippen LogP) is 9.41. The number of methoxy groups -OCH3 is 1. The van der Waals surface area contributed by atoms with Gasteiger partial charge in [0.05, 0.1) is 7.11 Å². The molecule has 11 aliphatic carbocycles. The fraction of sp³-hybridized carbons (Fsp3) is 0.392. The van der Waals surface area contributed by atoms with Crippen molar-refractivity contribution in [1.82, 2.24) is 0 Å². The standard InChI is InChI=1S/C51H36O2/c1-53-27(52)8-5-9-50(25-6-3-2-4-7-25)49-26-16-23-14-20-12-21-11-18-10-19-13-22-15-24-17-51(49,50)48-34(24)39-33(22)38-29(19)28(18)36-32(21)37-30(20)31(23)40-35(26)47(48)46-44(39)42(38)41(36)43(37)45(40)46/h2-4,6-7,12,16,18-19,21-22,24,28,32,49H,5,8-11,13-15,17H2,1H3. The lowest BCUT2D eigenvalue weighted by atomic mass is 9.61. The zero-order valence-corrected chi connectivity index (χ0v) is 29.8. The van der Waals surface area contributed by atoms with Gasteiger partial charge in [0.1, 0.15) is 0 Å². The fourth-order valence-electron chi connectivity index (χ4n) is 18.8. The van der Waals surface area contributed by atoms with Crippen LogP contribution in [0, 0.1) is 23.7 Å². The van der Waals surface area contributed by atoms with E-state index in [1.54, 1.807) is 88.5 Å². The molecule has 3 saturated carbocycles. The Hall–Kier alpha value is -4.43. The molecule has 10 unspecified atom stereocenters. The number of hydrogen-bond donors (Lipinski definition) is 0. The van der Waals surface area contributed by atoms with Crippen LogP contribution in [0.4, 0.5) is 0 Å². The molecule has 0 saturated heterocycles. The maximum absolute atomic E-state index is 12.7. The van der Waals surface area contributed by atoms with Gasteiger partial charge in [-0.05, 0) is 201 Å². The average Bonchev–Trinajstić information content (AvgIpc) is 3.86. The van der Waals surface area contributed by atoms with Gasteiger partial charge in [0, 0.05) is 35.0 Å². The second-order valence-corrected chi connectivity index (χ2v) is 20.2. The van der Waals surface area contributed by atoms with Crippen LogP contribution >= 0.6 is 0 Å². The van der Waals surface area contributed by atoms with Crippen molar-refractivity contribution in [1.29, 1.82) is 0 Å². The molecular formula is C51H36O2. The zero-order valence-electron chi connectivity index (χ0n) is 29.8. The molecule has 7 aromatic rings. The van der Waals surface area contributed by atoms with E-state index in [2.05, 4.69) is 42.5 Å². The number of esters is 1. The monoisotopic (exact) mass is 680 g/mol. The first-order valence-electron chi connectivity index (χ1n) is 21.2. The number of carbonyl (C=O) groups excluding carboxylic acids is 1. The van der Waals surface area contributed by atoms with E-state index in [1.165, 1.54) is 37.7 Å². The highest BCUT2D eigenvalue weighted by molar-refractivity contribution is 6.48. The molecule has 0 aromatic heterocycles. The topological polar surface area (TPSA) is 26.3 Å². The highest BCUT2D eigenvalue weighted by atomic mass is 16.5. The normalized spacial score (nSPS) is 37.6. The summed E-state index contributed by atoms with van der Waals surface area (Å²) in [5, 5.41) is 20.9. The molecule has 2 heteroatoms. The fourth-order valence-corrected chi connectivity index (χ4v) is 18.8. The van der Waals surface area contributed by atoms with Gasteiger partial charge >= 0.3 is 5.97 Å². The van der Waals surface area contributed by atoms with Crippen molar-refractivity contribution in [2.45, 2.75) is 92.3 Å². The molecule has 0 radical (unpaired) electrons. The number of fused-ring (bicyclic) bond motifs is 1. The van der Waals surface area contributed by atoms with Gasteiger partial charge in [-0.15, -0.1) is 0 Å². The summed E-state index contributed by atoms with van der Waals surface area (Å²) in [5.74, 6) is 5.39. The van der Waals surface area contributed by atoms with Crippen molar-refractivity contribution in [3.8, 4) is 0 Å². The molecule has 53 heavy (non-hydrogen) atoms. The lowest BCUT2D eigenvalue weighted by molar-refractivity contribution is -0.140. The van der Waals surface area contributed by atoms with Gasteiger partial charge in [0.25, 0.3) is 0 Å². The molecule has 1 spiro atoms. The minimum atomic E-state index is -0.0608. The Kier molecular flexibility index (Phi) is 3.42. The van der Waals surface area contributed by atoms with E-state index in [1.807, 2.05) is 38.6 Å². The number of rotatable bonds is 5. The van der Waals surface area contributed by atoms with Crippen LogP contribution in [0.5, 0.6) is 0 Å². The maximum Gasteiger partial charge on any atom is 0.305 e. The second-order valence-electron chi connectivity index (χ2n) is 20.2. The van der Waals surface area contributed by atoms with Crippen LogP contribution in [0.15, 0.2) is 42.5 Å². The molecule has 7 aromatic carbocycles. The second kappa shape index (κ2) is 7.10. The van der Waals surface area contributed by atoms with Crippen LogP contribution in [0.25, 0.3) is 70.6 Å². The maximum atomic E-state index is 12.7. The van der Waals surface area contributed by atoms with E-state index in [4.69, 9.17) is 4.74 Å². The van der Waals surface area contributed by atoms with Crippen LogP contribution < -0.4 is 10.4 Å². The Morgan fingerprint density at radius 2 is 1.62 bits per heavy atom. The first-order valence-corrected chi connectivity index (χ1v) is 21.2. The highest BCUT2D eigenvalue weighted by Gasteiger charge is 2.81. The Bertz CT molecular complexity index is 3320. The molecule has 0 heterocycles. The summed E-state index contributed by atoms with van der Waals surface area (Å²) in [7, 11) is 1.56. The van der Waals surface area contributed by atoms with E-state index in [0.717, 1.165) is 31.1 Å². The van der Waals surface area contributed by atoms with Gasteiger partial charge in [-0.1, -0.05) is 48.0 Å². The Labute approximate surface area is 305 Å². The minimum Gasteiger partial charge on any atom is -0.469 e. The quantitative estimate of drug-likeness (QED) is 0.134. The first kappa shape index (κ1) is 25.6. The van der Waals surface area contributed by atoms with E-state index in [9.17, 15) is 4.79 Å². The number of ether oxygens (including phenoxy) is 1. The lowest BCUT2D eigenvalue weighted by Crippen LogP contribution is -2.37. The van der Waals surface area contributed by atoms with Gasteiger partial charge in [-0.3, -0.25) is 4.79 Å². The van der Waals surface area contributed by atoms with Crippen molar-refractivity contribution in [3.63, 3.8) is 0 Å². The zero-order chi connectivity index (χ0) is 33.5. The van der Waals surface area contributed by atoms with Crippen molar-refractivity contribution in [3.05, 3.63) is 97.4 Å². The summed E-state index contributed by atoms with van der Waals surface area (Å²) in [4.78, 5) is 12.7. The van der Waals surface area contributed by atoms with E-state index in [0.29, 0.717) is 41.9 Å². The van der Waals surface area contributed by atoms with Crippen molar-refractivity contribution in [2.24, 2.45) is 23.7 Å². The van der Waals surface area contributed by atoms with E-state index in [-0.39, 0.29) is 16.8 Å². The minimum absolute atomic E-state index is 0.00314. The lowest BCUT2D eigenvalue weighted by Gasteiger charge is -2.43. The molecule has 0 amide bonds. The summed E-state index contributed by atoms with van der Waals surface area (Å²) < 4.78 is 5.25. The largest absolute Gasteiger partial charge is 0.469 e. The molecule has 18 rings (SSSR count). The third-order valence-corrected chi connectivity index (χ3v) is 19.3. The molecule has 11 aliphatic rings. The van der Waals surface area contributed by atoms with Gasteiger partial charge in [0.15, 0.2) is 0 Å². The van der Waals surface area contributed by atoms with Crippen LogP contribution in [0.1, 0.15) is 120 Å². The number of benzene rings is 5. The Balaban J connectivity index is 1.12. The molecule has 2 nitrogen and oxygen atoms in total. The summed E-state index contributed by atoms with van der Waals surface area (Å²) >= 11 is 0. The number of allylic oxidation sites excluding steroid dienone is 2. The van der Waals surface area contributed by atoms with Crippen LogP contribution in [0.2, 0.25) is 0 Å². The molecule has 10 atom stereocenters. The van der Waals surface area contributed by atoms with E-state index < -0.39 is 0 Å². The van der Waals surface area contributed by atoms with Gasteiger partial charge < -0.3 is 4.74 Å². The summed E-state index contributed by atoms with van der Waals surface area (Å²) in [5.41, 5.74) is 19.5. The van der Waals surface area contributed by atoms with Crippen molar-refractivity contribution < 1.29 is 9.53 Å². The molecule has 0 N–H and O–H groups in total. The van der Waals surface area contributed by atoms with Crippen LogP contribution in [-0.4, -0.2) is 13.1 Å². The van der Waals surface area contributed by atoms with Gasteiger partial charge in [-0.2, -0.15) is 0 Å². The van der Waals surface area contributed by atoms with Crippen molar-refractivity contribution in [2.75, 3.05) is 7.11 Å². The SMILES string of the molecule is COC(=O)CCCC1(c2ccccc2)C2c3cc4c5c6c7c8c9c%10c%11c%12c%13c%14c(c%15c3c5c8c%15c%13%10)C21CC%14CC%12CC1CC2CC(C=C6C4)C7C=9C2C=%111. The van der Waals surface area contributed by atoms with E-state index >= 15 is 0 Å². The third-order valence-electron chi connectivity index (χ3n) is 19.3.